The number of halogens is 2. The van der Waals surface area contributed by atoms with E-state index in [0.29, 0.717) is 23.8 Å². The Morgan fingerprint density at radius 3 is 2.79 bits per heavy atom. The first-order chi connectivity index (χ1) is 9.19. The molecule has 1 saturated carbocycles. The van der Waals surface area contributed by atoms with Crippen molar-refractivity contribution in [1.82, 2.24) is 4.90 Å². The Morgan fingerprint density at radius 2 is 2.11 bits per heavy atom. The number of alkyl halides is 1. The van der Waals surface area contributed by atoms with Crippen LogP contribution in [0, 0.1) is 11.7 Å². The average Bonchev–Trinajstić information content (AvgIpc) is 3.22. The van der Waals surface area contributed by atoms with Crippen LogP contribution in [0.2, 0.25) is 0 Å². The van der Waals surface area contributed by atoms with E-state index in [0.717, 1.165) is 24.0 Å². The second-order valence-electron chi connectivity index (χ2n) is 5.51. The molecule has 102 valence electrons. The molecule has 4 heteroatoms. The number of amides is 1. The SMILES string of the molecule is O=C(CBr)N1Cc2ccc(F)cc2CCC1C1CC1. The maximum absolute atomic E-state index is 13.3. The number of benzene rings is 1. The third-order valence-corrected chi connectivity index (χ3v) is 4.70. The summed E-state index contributed by atoms with van der Waals surface area (Å²) in [5.74, 6) is 0.623. The van der Waals surface area contributed by atoms with Crippen LogP contribution >= 0.6 is 15.9 Å². The summed E-state index contributed by atoms with van der Waals surface area (Å²) in [7, 11) is 0. The molecule has 0 saturated heterocycles. The molecule has 2 aliphatic rings. The molecule has 0 radical (unpaired) electrons. The number of carbonyl (C=O) groups is 1. The van der Waals surface area contributed by atoms with Crippen LogP contribution < -0.4 is 0 Å². The molecule has 0 spiro atoms. The van der Waals surface area contributed by atoms with E-state index in [2.05, 4.69) is 15.9 Å². The fourth-order valence-electron chi connectivity index (χ4n) is 3.06. The monoisotopic (exact) mass is 325 g/mol. The van der Waals surface area contributed by atoms with Crippen LogP contribution in [0.3, 0.4) is 0 Å². The smallest absolute Gasteiger partial charge is 0.233 e. The summed E-state index contributed by atoms with van der Waals surface area (Å²) in [6, 6.07) is 5.28. The topological polar surface area (TPSA) is 20.3 Å². The second-order valence-corrected chi connectivity index (χ2v) is 6.07. The van der Waals surface area contributed by atoms with Gasteiger partial charge < -0.3 is 4.90 Å². The van der Waals surface area contributed by atoms with Crippen molar-refractivity contribution in [2.24, 2.45) is 5.92 Å². The number of rotatable bonds is 2. The predicted octanol–water partition coefficient (Wildman–Crippen LogP) is 3.27. The number of nitrogens with zero attached hydrogens (tertiary/aromatic N) is 1. The fraction of sp³-hybridized carbons (Fsp3) is 0.533. The second kappa shape index (κ2) is 5.23. The molecule has 19 heavy (non-hydrogen) atoms. The minimum atomic E-state index is -0.179. The van der Waals surface area contributed by atoms with Crippen LogP contribution in [-0.4, -0.2) is 22.2 Å². The summed E-state index contributed by atoms with van der Waals surface area (Å²) in [4.78, 5) is 14.1. The van der Waals surface area contributed by atoms with Crippen molar-refractivity contribution in [2.45, 2.75) is 38.3 Å². The van der Waals surface area contributed by atoms with Crippen molar-refractivity contribution >= 4 is 21.8 Å². The van der Waals surface area contributed by atoms with Gasteiger partial charge in [0.2, 0.25) is 5.91 Å². The van der Waals surface area contributed by atoms with Gasteiger partial charge in [0, 0.05) is 12.6 Å². The Balaban J connectivity index is 1.91. The van der Waals surface area contributed by atoms with Gasteiger partial charge in [0.1, 0.15) is 5.82 Å². The average molecular weight is 326 g/mol. The molecule has 1 aromatic carbocycles. The van der Waals surface area contributed by atoms with Crippen molar-refractivity contribution in [3.8, 4) is 0 Å². The Hall–Kier alpha value is -0.900. The normalized spacial score (nSPS) is 22.8. The molecular formula is C15H17BrFNO. The van der Waals surface area contributed by atoms with Crippen molar-refractivity contribution in [1.29, 1.82) is 0 Å². The van der Waals surface area contributed by atoms with E-state index in [1.54, 1.807) is 6.07 Å². The van der Waals surface area contributed by atoms with Crippen molar-refractivity contribution < 1.29 is 9.18 Å². The molecule has 1 aliphatic carbocycles. The highest BCUT2D eigenvalue weighted by molar-refractivity contribution is 9.09. The zero-order valence-electron chi connectivity index (χ0n) is 10.7. The number of aryl methyl sites for hydroxylation is 1. The van der Waals surface area contributed by atoms with E-state index < -0.39 is 0 Å². The first-order valence-electron chi connectivity index (χ1n) is 6.82. The standard InChI is InChI=1S/C15H17BrFNO/c16-8-15(19)18-9-12-3-5-13(17)7-11(12)4-6-14(18)10-1-2-10/h3,5,7,10,14H,1-2,4,6,8-9H2. The molecule has 1 atom stereocenters. The molecule has 3 rings (SSSR count). The third kappa shape index (κ3) is 2.69. The Morgan fingerprint density at radius 1 is 1.32 bits per heavy atom. The summed E-state index contributed by atoms with van der Waals surface area (Å²) in [6.45, 7) is 0.626. The summed E-state index contributed by atoms with van der Waals surface area (Å²) in [5.41, 5.74) is 2.16. The van der Waals surface area contributed by atoms with Gasteiger partial charge in [0.25, 0.3) is 0 Å². The first kappa shape index (κ1) is 13.1. The lowest BCUT2D eigenvalue weighted by molar-refractivity contribution is -0.131. The number of fused-ring (bicyclic) bond motifs is 1. The molecule has 1 unspecified atom stereocenters. The maximum Gasteiger partial charge on any atom is 0.233 e. The van der Waals surface area contributed by atoms with E-state index in [1.165, 1.54) is 18.9 Å². The zero-order valence-corrected chi connectivity index (χ0v) is 12.3. The fourth-order valence-corrected chi connectivity index (χ4v) is 3.38. The van der Waals surface area contributed by atoms with Gasteiger partial charge >= 0.3 is 0 Å². The van der Waals surface area contributed by atoms with Crippen molar-refractivity contribution in [3.63, 3.8) is 0 Å². The zero-order chi connectivity index (χ0) is 13.4. The number of hydrogen-bond donors (Lipinski definition) is 0. The molecular weight excluding hydrogens is 309 g/mol. The first-order valence-corrected chi connectivity index (χ1v) is 7.94. The van der Waals surface area contributed by atoms with Crippen molar-refractivity contribution in [3.05, 3.63) is 35.1 Å². The van der Waals surface area contributed by atoms with Crippen LogP contribution in [0.25, 0.3) is 0 Å². The van der Waals surface area contributed by atoms with Crippen LogP contribution in [-0.2, 0) is 17.8 Å². The molecule has 0 N–H and O–H groups in total. The third-order valence-electron chi connectivity index (χ3n) is 4.22. The molecule has 1 amide bonds. The predicted molar refractivity (Wildman–Crippen MR) is 75.6 cm³/mol. The van der Waals surface area contributed by atoms with Gasteiger partial charge in [-0.1, -0.05) is 22.0 Å². The Kier molecular flexibility index (Phi) is 3.61. The molecule has 1 fully saturated rings. The summed E-state index contributed by atoms with van der Waals surface area (Å²) in [5, 5.41) is 0.368. The van der Waals surface area contributed by atoms with Crippen LogP contribution in [0.5, 0.6) is 0 Å². The summed E-state index contributed by atoms with van der Waals surface area (Å²) >= 11 is 3.27. The Bertz CT molecular complexity index is 501. The van der Waals surface area contributed by atoms with E-state index in [-0.39, 0.29) is 11.7 Å². The minimum absolute atomic E-state index is 0.147. The lowest BCUT2D eigenvalue weighted by Gasteiger charge is -2.30. The van der Waals surface area contributed by atoms with Crippen LogP contribution in [0.4, 0.5) is 4.39 Å². The van der Waals surface area contributed by atoms with Gasteiger partial charge in [0.15, 0.2) is 0 Å². The summed E-state index contributed by atoms with van der Waals surface area (Å²) < 4.78 is 13.3. The maximum atomic E-state index is 13.3. The lowest BCUT2D eigenvalue weighted by Crippen LogP contribution is -2.41. The highest BCUT2D eigenvalue weighted by Crippen LogP contribution is 2.39. The van der Waals surface area contributed by atoms with E-state index >= 15 is 0 Å². The lowest BCUT2D eigenvalue weighted by atomic mass is 10.0. The quantitative estimate of drug-likeness (QED) is 0.764. The van der Waals surface area contributed by atoms with Crippen LogP contribution in [0.1, 0.15) is 30.4 Å². The van der Waals surface area contributed by atoms with E-state index in [4.69, 9.17) is 0 Å². The number of hydrogen-bond acceptors (Lipinski definition) is 1. The van der Waals surface area contributed by atoms with Gasteiger partial charge in [0.05, 0.1) is 5.33 Å². The van der Waals surface area contributed by atoms with Crippen molar-refractivity contribution in [2.75, 3.05) is 5.33 Å². The molecule has 0 bridgehead atoms. The van der Waals surface area contributed by atoms with Gasteiger partial charge in [-0.2, -0.15) is 0 Å². The highest BCUT2D eigenvalue weighted by atomic mass is 79.9. The molecule has 1 aliphatic heterocycles. The molecule has 0 aromatic heterocycles. The van der Waals surface area contributed by atoms with Gasteiger partial charge in [-0.05, 0) is 54.9 Å². The largest absolute Gasteiger partial charge is 0.334 e. The molecule has 1 heterocycles. The van der Waals surface area contributed by atoms with Gasteiger partial charge in [-0.3, -0.25) is 4.79 Å². The van der Waals surface area contributed by atoms with Gasteiger partial charge in [-0.25, -0.2) is 4.39 Å². The van der Waals surface area contributed by atoms with Gasteiger partial charge in [-0.15, -0.1) is 0 Å². The number of carbonyl (C=O) groups excluding carboxylic acids is 1. The van der Waals surface area contributed by atoms with Crippen LogP contribution in [0.15, 0.2) is 18.2 Å². The van der Waals surface area contributed by atoms with E-state index in [9.17, 15) is 9.18 Å². The molecule has 2 nitrogen and oxygen atoms in total. The minimum Gasteiger partial charge on any atom is -0.334 e. The molecule has 1 aromatic rings. The Labute approximate surface area is 121 Å². The highest BCUT2D eigenvalue weighted by Gasteiger charge is 2.38. The summed E-state index contributed by atoms with van der Waals surface area (Å²) in [6.07, 6.45) is 4.28. The van der Waals surface area contributed by atoms with E-state index in [1.807, 2.05) is 11.0 Å².